The van der Waals surface area contributed by atoms with Crippen LogP contribution in [0.25, 0.3) is 30.3 Å². The second-order valence-electron chi connectivity index (χ2n) is 3.29. The molecule has 0 saturated carbocycles. The molecule has 0 amide bonds. The van der Waals surface area contributed by atoms with Crippen LogP contribution in [-0.2, 0) is 0 Å². The van der Waals surface area contributed by atoms with Crippen LogP contribution in [0.2, 0.25) is 0 Å². The molecule has 0 aliphatic heterocycles. The molecule has 0 N–H and O–H groups in total. The molecule has 3 aromatic heterocycles. The number of hydrogen-bond acceptors (Lipinski definition) is 3. The van der Waals surface area contributed by atoms with E-state index in [4.69, 9.17) is 0 Å². The molecule has 3 heterocycles. The van der Waals surface area contributed by atoms with Crippen molar-refractivity contribution < 1.29 is 0 Å². The Morgan fingerprint density at radius 2 is 1.40 bits per heavy atom. The Morgan fingerprint density at radius 1 is 0.867 bits per heavy atom. The predicted octanol–water partition coefficient (Wildman–Crippen LogP) is 2.11. The van der Waals surface area contributed by atoms with Crippen molar-refractivity contribution in [3.63, 3.8) is 0 Å². The molecule has 0 saturated heterocycles. The molecule has 0 atom stereocenters. The predicted molar refractivity (Wildman–Crippen MR) is 66.3 cm³/mol. The van der Waals surface area contributed by atoms with Gasteiger partial charge in [-0.3, -0.25) is 0 Å². The van der Waals surface area contributed by atoms with Gasteiger partial charge < -0.3 is 0 Å². The van der Waals surface area contributed by atoms with Gasteiger partial charge in [-0.2, -0.15) is 0 Å². The topological polar surface area (TPSA) is 25.8 Å². The third-order valence-corrected chi connectivity index (χ3v) is 7.63. The Balaban J connectivity index is 2.56. The monoisotopic (exact) mass is 344 g/mol. The van der Waals surface area contributed by atoms with Crippen LogP contribution in [0, 0.1) is 0 Å². The van der Waals surface area contributed by atoms with Gasteiger partial charge in [0.15, 0.2) is 0 Å². The van der Waals surface area contributed by atoms with Crippen molar-refractivity contribution in [1.82, 2.24) is 8.75 Å². The molecule has 0 radical (unpaired) electrons. The summed E-state index contributed by atoms with van der Waals surface area (Å²) in [6, 6.07) is 4.46. The summed E-state index contributed by atoms with van der Waals surface area (Å²) < 4.78 is 12.0. The number of aromatic nitrogens is 2. The van der Waals surface area contributed by atoms with Gasteiger partial charge in [0.2, 0.25) is 0 Å². The molecule has 72 valence electrons. The molecular weight excluding hydrogens is 338 g/mol. The van der Waals surface area contributed by atoms with Crippen molar-refractivity contribution in [3.05, 3.63) is 22.0 Å². The van der Waals surface area contributed by atoms with Crippen molar-refractivity contribution in [2.45, 2.75) is 0 Å². The van der Waals surface area contributed by atoms with Crippen molar-refractivity contribution >= 4 is 71.1 Å². The van der Waals surface area contributed by atoms with Crippen LogP contribution < -0.4 is 0 Å². The minimum atomic E-state index is 0.519. The van der Waals surface area contributed by atoms with Gasteiger partial charge in [-0.25, -0.2) is 0 Å². The zero-order chi connectivity index (χ0) is 9.83. The molecule has 1 aromatic carbocycles. The van der Waals surface area contributed by atoms with Gasteiger partial charge in [0, 0.05) is 0 Å². The van der Waals surface area contributed by atoms with E-state index in [1.165, 1.54) is 22.5 Å². The summed E-state index contributed by atoms with van der Waals surface area (Å²) in [6.45, 7) is 0. The van der Waals surface area contributed by atoms with E-state index in [2.05, 4.69) is 30.8 Å². The standard InChI is InChI=1S/C10H4N2SSe2/c1-3-14-9-5(1)7-8(12-13-11-7)6-2-4-15-10(6)9/h1-4H. The van der Waals surface area contributed by atoms with E-state index < -0.39 is 0 Å². The first-order chi connectivity index (χ1) is 7.45. The maximum absolute atomic E-state index is 4.43. The zero-order valence-corrected chi connectivity index (χ0v) is 11.7. The van der Waals surface area contributed by atoms with Gasteiger partial charge in [0.05, 0.1) is 0 Å². The number of rotatable bonds is 0. The van der Waals surface area contributed by atoms with Crippen LogP contribution in [0.5, 0.6) is 0 Å². The van der Waals surface area contributed by atoms with E-state index in [9.17, 15) is 0 Å². The van der Waals surface area contributed by atoms with Crippen molar-refractivity contribution in [2.75, 3.05) is 0 Å². The van der Waals surface area contributed by atoms with Crippen LogP contribution in [0.4, 0.5) is 0 Å². The van der Waals surface area contributed by atoms with E-state index in [0.717, 1.165) is 11.0 Å². The molecule has 0 bridgehead atoms. The number of fused-ring (bicyclic) bond motifs is 6. The number of hydrogen-bond donors (Lipinski definition) is 0. The molecule has 4 rings (SSSR count). The van der Waals surface area contributed by atoms with Gasteiger partial charge in [0.25, 0.3) is 0 Å². The molecule has 0 unspecified atom stereocenters. The second-order valence-corrected chi connectivity index (χ2v) is 7.66. The Morgan fingerprint density at radius 3 is 1.93 bits per heavy atom. The molecule has 2 nitrogen and oxygen atoms in total. The van der Waals surface area contributed by atoms with Crippen LogP contribution in [-0.4, -0.2) is 37.8 Å². The van der Waals surface area contributed by atoms with E-state index in [1.54, 1.807) is 8.52 Å². The molecule has 0 aliphatic carbocycles. The SMILES string of the molecule is c1cc2c3nsnc3c3cc[se]c3c2[se]1. The Kier molecular flexibility index (Phi) is 1.75. The van der Waals surface area contributed by atoms with Crippen molar-refractivity contribution in [2.24, 2.45) is 0 Å². The first-order valence-electron chi connectivity index (χ1n) is 4.44. The van der Waals surface area contributed by atoms with Crippen LogP contribution in [0.15, 0.2) is 22.0 Å². The summed E-state index contributed by atoms with van der Waals surface area (Å²) in [5, 5.41) is 2.70. The average molecular weight is 342 g/mol. The van der Waals surface area contributed by atoms with Gasteiger partial charge in [0.1, 0.15) is 0 Å². The Labute approximate surface area is 101 Å². The van der Waals surface area contributed by atoms with Gasteiger partial charge >= 0.3 is 102 Å². The van der Waals surface area contributed by atoms with Gasteiger partial charge in [-0.05, 0) is 0 Å². The van der Waals surface area contributed by atoms with Crippen molar-refractivity contribution in [3.8, 4) is 0 Å². The zero-order valence-electron chi connectivity index (χ0n) is 7.43. The first kappa shape index (κ1) is 8.68. The summed E-state index contributed by atoms with van der Waals surface area (Å²) in [6.07, 6.45) is 0. The normalized spacial score (nSPS) is 12.0. The van der Waals surface area contributed by atoms with Gasteiger partial charge in [-0.1, -0.05) is 0 Å². The summed E-state index contributed by atoms with van der Waals surface area (Å²) in [5.74, 6) is 0. The molecule has 0 spiro atoms. The first-order valence-corrected chi connectivity index (χ1v) is 8.86. The summed E-state index contributed by atoms with van der Waals surface area (Å²) in [5.41, 5.74) is 2.23. The molecule has 0 fully saturated rings. The second kappa shape index (κ2) is 3.03. The fourth-order valence-corrected chi connectivity index (χ4v) is 7.07. The fraction of sp³-hybridized carbons (Fsp3) is 0. The molecule has 5 heteroatoms. The van der Waals surface area contributed by atoms with E-state index >= 15 is 0 Å². The van der Waals surface area contributed by atoms with Crippen LogP contribution in [0.3, 0.4) is 0 Å². The molecule has 0 aliphatic rings. The maximum atomic E-state index is 4.43. The summed E-state index contributed by atoms with van der Waals surface area (Å²) in [7, 11) is 0. The number of benzene rings is 1. The summed E-state index contributed by atoms with van der Waals surface area (Å²) in [4.78, 5) is 4.59. The Bertz CT molecular complexity index is 585. The average Bonchev–Trinajstić information content (AvgIpc) is 2.97. The fourth-order valence-electron chi connectivity index (χ4n) is 1.89. The molecule has 4 aromatic rings. The third kappa shape index (κ3) is 1.05. The van der Waals surface area contributed by atoms with Gasteiger partial charge in [-0.15, -0.1) is 0 Å². The Hall–Kier alpha value is -0.441. The number of nitrogens with zero attached hydrogens (tertiary/aromatic N) is 2. The van der Waals surface area contributed by atoms with Crippen molar-refractivity contribution in [1.29, 1.82) is 0 Å². The van der Waals surface area contributed by atoms with Crippen LogP contribution in [0.1, 0.15) is 0 Å². The summed E-state index contributed by atoms with van der Waals surface area (Å²) >= 11 is 2.37. The van der Waals surface area contributed by atoms with E-state index in [-0.39, 0.29) is 0 Å². The minimum absolute atomic E-state index is 0.519. The van der Waals surface area contributed by atoms with Crippen LogP contribution >= 0.6 is 11.7 Å². The quantitative estimate of drug-likeness (QED) is 0.458. The molecular formula is C10H4N2SSe2. The molecule has 15 heavy (non-hydrogen) atoms. The van der Waals surface area contributed by atoms with E-state index in [0.29, 0.717) is 29.0 Å². The third-order valence-electron chi connectivity index (χ3n) is 2.54. The van der Waals surface area contributed by atoms with E-state index in [1.807, 2.05) is 0 Å².